The SMILES string of the molecule is O=C(C1CCn2c(cnc2-c2ccccc2)C1)N1CCS(=O)(=O)C(CO)C1. The van der Waals surface area contributed by atoms with Crippen LogP contribution in [0.25, 0.3) is 11.4 Å². The Morgan fingerprint density at radius 2 is 2.00 bits per heavy atom. The molecule has 2 unspecified atom stereocenters. The fraction of sp³-hybridized carbons (Fsp3) is 0.474. The monoisotopic (exact) mass is 389 g/mol. The number of carbonyl (C=O) groups excluding carboxylic acids is 1. The molecule has 1 N–H and O–H groups in total. The van der Waals surface area contributed by atoms with E-state index in [2.05, 4.69) is 9.55 Å². The van der Waals surface area contributed by atoms with E-state index < -0.39 is 21.7 Å². The van der Waals surface area contributed by atoms with E-state index >= 15 is 0 Å². The van der Waals surface area contributed by atoms with Crippen LogP contribution in [0, 0.1) is 5.92 Å². The molecular formula is C19H23N3O4S. The molecular weight excluding hydrogens is 366 g/mol. The van der Waals surface area contributed by atoms with E-state index in [9.17, 15) is 18.3 Å². The second kappa shape index (κ2) is 7.09. The minimum atomic E-state index is -3.30. The summed E-state index contributed by atoms with van der Waals surface area (Å²) in [4.78, 5) is 19.1. The van der Waals surface area contributed by atoms with Crippen molar-refractivity contribution in [3.05, 3.63) is 42.2 Å². The average molecular weight is 389 g/mol. The molecule has 8 heteroatoms. The van der Waals surface area contributed by atoms with Crippen molar-refractivity contribution in [2.45, 2.75) is 24.6 Å². The lowest BCUT2D eigenvalue weighted by Crippen LogP contribution is -2.52. The number of hydrogen-bond donors (Lipinski definition) is 1. The average Bonchev–Trinajstić information content (AvgIpc) is 3.11. The number of amides is 1. The predicted octanol–water partition coefficient (Wildman–Crippen LogP) is 0.730. The summed E-state index contributed by atoms with van der Waals surface area (Å²) < 4.78 is 26.1. The van der Waals surface area contributed by atoms with E-state index in [0.29, 0.717) is 19.4 Å². The largest absolute Gasteiger partial charge is 0.395 e. The lowest BCUT2D eigenvalue weighted by molar-refractivity contribution is -0.136. The summed E-state index contributed by atoms with van der Waals surface area (Å²) >= 11 is 0. The molecule has 144 valence electrons. The molecule has 1 fully saturated rings. The molecule has 2 aliphatic heterocycles. The number of fused-ring (bicyclic) bond motifs is 1. The molecule has 7 nitrogen and oxygen atoms in total. The van der Waals surface area contributed by atoms with Crippen LogP contribution in [0.3, 0.4) is 0 Å². The molecule has 4 rings (SSSR count). The third kappa shape index (κ3) is 3.39. The first-order valence-electron chi connectivity index (χ1n) is 9.20. The Morgan fingerprint density at radius 3 is 2.74 bits per heavy atom. The van der Waals surface area contributed by atoms with Crippen LogP contribution in [-0.4, -0.2) is 64.6 Å². The van der Waals surface area contributed by atoms with Crippen LogP contribution >= 0.6 is 0 Å². The number of sulfone groups is 1. The fourth-order valence-corrected chi connectivity index (χ4v) is 5.42. The van der Waals surface area contributed by atoms with Crippen molar-refractivity contribution >= 4 is 15.7 Å². The van der Waals surface area contributed by atoms with Gasteiger partial charge in [-0.1, -0.05) is 30.3 Å². The maximum atomic E-state index is 12.9. The Hall–Kier alpha value is -2.19. The number of hydrogen-bond acceptors (Lipinski definition) is 5. The topological polar surface area (TPSA) is 92.5 Å². The zero-order valence-electron chi connectivity index (χ0n) is 15.0. The maximum absolute atomic E-state index is 12.9. The number of nitrogens with zero attached hydrogens (tertiary/aromatic N) is 3. The number of carbonyl (C=O) groups is 1. The van der Waals surface area contributed by atoms with Crippen LogP contribution in [0.5, 0.6) is 0 Å². The van der Waals surface area contributed by atoms with Crippen molar-refractivity contribution in [1.29, 1.82) is 0 Å². The van der Waals surface area contributed by atoms with Crippen molar-refractivity contribution in [3.63, 3.8) is 0 Å². The lowest BCUT2D eigenvalue weighted by atomic mass is 9.94. The van der Waals surface area contributed by atoms with Gasteiger partial charge in [0.05, 0.1) is 12.4 Å². The van der Waals surface area contributed by atoms with E-state index in [1.165, 1.54) is 0 Å². The molecule has 0 radical (unpaired) electrons. The van der Waals surface area contributed by atoms with Gasteiger partial charge in [0.2, 0.25) is 5.91 Å². The van der Waals surface area contributed by atoms with Crippen LogP contribution in [0.2, 0.25) is 0 Å². The van der Waals surface area contributed by atoms with E-state index in [1.807, 2.05) is 36.5 Å². The molecule has 0 aliphatic carbocycles. The van der Waals surface area contributed by atoms with Gasteiger partial charge >= 0.3 is 0 Å². The molecule has 3 heterocycles. The highest BCUT2D eigenvalue weighted by Gasteiger charge is 2.37. The van der Waals surface area contributed by atoms with Gasteiger partial charge in [-0.15, -0.1) is 0 Å². The minimum absolute atomic E-state index is 0.0166. The highest BCUT2D eigenvalue weighted by atomic mass is 32.2. The van der Waals surface area contributed by atoms with Crippen molar-refractivity contribution < 1.29 is 18.3 Å². The van der Waals surface area contributed by atoms with Crippen molar-refractivity contribution in [3.8, 4) is 11.4 Å². The number of aromatic nitrogens is 2. The van der Waals surface area contributed by atoms with E-state index in [1.54, 1.807) is 4.90 Å². The van der Waals surface area contributed by atoms with Gasteiger partial charge in [0.1, 0.15) is 11.1 Å². The Kier molecular flexibility index (Phi) is 4.77. The summed E-state index contributed by atoms with van der Waals surface area (Å²) in [6, 6.07) is 9.98. The lowest BCUT2D eigenvalue weighted by Gasteiger charge is -2.35. The third-order valence-corrected chi connectivity index (χ3v) is 7.63. The summed E-state index contributed by atoms with van der Waals surface area (Å²) in [6.07, 6.45) is 3.14. The van der Waals surface area contributed by atoms with Crippen LogP contribution in [0.15, 0.2) is 36.5 Å². The molecule has 1 aromatic heterocycles. The molecule has 0 saturated carbocycles. The van der Waals surface area contributed by atoms with Gasteiger partial charge in [-0.05, 0) is 6.42 Å². The first kappa shape index (κ1) is 18.2. The first-order valence-corrected chi connectivity index (χ1v) is 10.9. The molecule has 1 aromatic carbocycles. The Bertz CT molecular complexity index is 939. The second-order valence-electron chi connectivity index (χ2n) is 7.24. The van der Waals surface area contributed by atoms with E-state index in [0.717, 1.165) is 17.1 Å². The number of aliphatic hydroxyl groups is 1. The van der Waals surface area contributed by atoms with Crippen molar-refractivity contribution in [1.82, 2.24) is 14.5 Å². The fourth-order valence-electron chi connectivity index (χ4n) is 3.98. The van der Waals surface area contributed by atoms with Crippen LogP contribution in [0.4, 0.5) is 0 Å². The zero-order valence-corrected chi connectivity index (χ0v) is 15.8. The normalized spacial score (nSPS) is 24.4. The van der Waals surface area contributed by atoms with Crippen LogP contribution < -0.4 is 0 Å². The summed E-state index contributed by atoms with van der Waals surface area (Å²) in [6.45, 7) is 0.570. The van der Waals surface area contributed by atoms with Crippen LogP contribution in [0.1, 0.15) is 12.1 Å². The number of imidazole rings is 1. The Balaban J connectivity index is 1.49. The summed E-state index contributed by atoms with van der Waals surface area (Å²) in [5, 5.41) is 8.48. The molecule has 1 saturated heterocycles. The third-order valence-electron chi connectivity index (χ3n) is 5.57. The van der Waals surface area contributed by atoms with Gasteiger partial charge in [-0.3, -0.25) is 4.79 Å². The van der Waals surface area contributed by atoms with Crippen LogP contribution in [-0.2, 0) is 27.6 Å². The predicted molar refractivity (Wildman–Crippen MR) is 101 cm³/mol. The molecule has 0 bridgehead atoms. The summed E-state index contributed by atoms with van der Waals surface area (Å²) in [5.41, 5.74) is 2.09. The van der Waals surface area contributed by atoms with Gasteiger partial charge < -0.3 is 14.6 Å². The Labute approximate surface area is 158 Å². The number of rotatable bonds is 3. The highest BCUT2D eigenvalue weighted by molar-refractivity contribution is 7.92. The van der Waals surface area contributed by atoms with E-state index in [-0.39, 0.29) is 30.7 Å². The summed E-state index contributed by atoms with van der Waals surface area (Å²) in [5.74, 6) is 0.656. The van der Waals surface area contributed by atoms with Gasteiger partial charge in [0, 0.05) is 49.4 Å². The second-order valence-corrected chi connectivity index (χ2v) is 9.64. The summed E-state index contributed by atoms with van der Waals surface area (Å²) in [7, 11) is -3.30. The van der Waals surface area contributed by atoms with E-state index in [4.69, 9.17) is 0 Å². The van der Waals surface area contributed by atoms with Crippen molar-refractivity contribution in [2.75, 3.05) is 25.4 Å². The highest BCUT2D eigenvalue weighted by Crippen LogP contribution is 2.28. The molecule has 2 aliphatic rings. The van der Waals surface area contributed by atoms with Gasteiger partial charge in [0.25, 0.3) is 0 Å². The molecule has 2 aromatic rings. The van der Waals surface area contributed by atoms with Crippen molar-refractivity contribution in [2.24, 2.45) is 5.92 Å². The van der Waals surface area contributed by atoms with Gasteiger partial charge in [0.15, 0.2) is 9.84 Å². The maximum Gasteiger partial charge on any atom is 0.226 e. The minimum Gasteiger partial charge on any atom is -0.395 e. The molecule has 2 atom stereocenters. The smallest absolute Gasteiger partial charge is 0.226 e. The molecule has 0 spiro atoms. The Morgan fingerprint density at radius 1 is 1.22 bits per heavy atom. The van der Waals surface area contributed by atoms with Gasteiger partial charge in [-0.2, -0.15) is 0 Å². The molecule has 1 amide bonds. The van der Waals surface area contributed by atoms with Gasteiger partial charge in [-0.25, -0.2) is 13.4 Å². The first-order chi connectivity index (χ1) is 13.0. The number of benzene rings is 1. The standard InChI is InChI=1S/C19H23N3O4S/c23-13-17-12-21(8-9-27(17,25)26)19(24)15-6-7-22-16(10-15)11-20-18(22)14-4-2-1-3-5-14/h1-5,11,15,17,23H,6-10,12-13H2. The quantitative estimate of drug-likeness (QED) is 0.836. The molecule has 27 heavy (non-hydrogen) atoms. The zero-order chi connectivity index (χ0) is 19.0. The number of aliphatic hydroxyl groups excluding tert-OH is 1.